The summed E-state index contributed by atoms with van der Waals surface area (Å²) in [5.41, 5.74) is -0.633. The van der Waals surface area contributed by atoms with Gasteiger partial charge in [-0.1, -0.05) is 0 Å². The molecule has 0 spiro atoms. The Labute approximate surface area is 119 Å². The maximum atomic E-state index is 10.1. The normalized spacial score (nSPS) is 30.2. The molecule has 0 aromatic carbocycles. The van der Waals surface area contributed by atoms with Gasteiger partial charge in [-0.05, 0) is 26.2 Å². The summed E-state index contributed by atoms with van der Waals surface area (Å²) in [6, 6.07) is 2.13. The Morgan fingerprint density at radius 1 is 1.35 bits per heavy atom. The summed E-state index contributed by atoms with van der Waals surface area (Å²) >= 11 is 0. The molecule has 2 unspecified atom stereocenters. The first-order valence-corrected chi connectivity index (χ1v) is 7.26. The highest BCUT2D eigenvalue weighted by Crippen LogP contribution is 2.29. The van der Waals surface area contributed by atoms with Crippen molar-refractivity contribution in [1.29, 1.82) is 0 Å². The van der Waals surface area contributed by atoms with Gasteiger partial charge in [0.1, 0.15) is 18.0 Å². The molecule has 110 valence electrons. The van der Waals surface area contributed by atoms with E-state index in [0.29, 0.717) is 6.54 Å². The van der Waals surface area contributed by atoms with Crippen LogP contribution < -0.4 is 9.80 Å². The molecule has 3 heterocycles. The molecule has 0 aliphatic carbocycles. The van der Waals surface area contributed by atoms with Crippen LogP contribution >= 0.6 is 0 Å². The van der Waals surface area contributed by atoms with E-state index in [1.165, 1.54) is 0 Å². The minimum Gasteiger partial charge on any atom is -0.394 e. The first kappa shape index (κ1) is 13.6. The lowest BCUT2D eigenvalue weighted by atomic mass is 10.1. The zero-order valence-electron chi connectivity index (χ0n) is 11.9. The number of anilines is 2. The minimum atomic E-state index is -0.633. The standard InChI is InChI=1S/C14H22N4O2/c1-14(20)4-6-17(9-14)12-7-13(16-10-15-12)18-5-2-3-11(18)8-19/h7,10-11,19-20H,2-6,8-9H2,1H3. The average molecular weight is 278 g/mol. The highest BCUT2D eigenvalue weighted by Gasteiger charge is 2.32. The summed E-state index contributed by atoms with van der Waals surface area (Å²) in [5, 5.41) is 19.5. The van der Waals surface area contributed by atoms with Crippen LogP contribution in [0.15, 0.2) is 12.4 Å². The summed E-state index contributed by atoms with van der Waals surface area (Å²) in [6.45, 7) is 4.37. The predicted molar refractivity (Wildman–Crippen MR) is 76.9 cm³/mol. The molecular weight excluding hydrogens is 256 g/mol. The van der Waals surface area contributed by atoms with Crippen molar-refractivity contribution in [2.45, 2.75) is 37.8 Å². The fourth-order valence-corrected chi connectivity index (χ4v) is 3.13. The smallest absolute Gasteiger partial charge is 0.134 e. The van der Waals surface area contributed by atoms with E-state index in [1.807, 2.05) is 13.0 Å². The fourth-order valence-electron chi connectivity index (χ4n) is 3.13. The van der Waals surface area contributed by atoms with Crippen LogP contribution in [0, 0.1) is 0 Å². The third-order valence-corrected chi connectivity index (χ3v) is 4.30. The molecule has 3 rings (SSSR count). The zero-order valence-corrected chi connectivity index (χ0v) is 11.9. The summed E-state index contributed by atoms with van der Waals surface area (Å²) in [5.74, 6) is 1.73. The van der Waals surface area contributed by atoms with Gasteiger partial charge in [0.05, 0.1) is 18.2 Å². The second-order valence-corrected chi connectivity index (χ2v) is 6.07. The molecule has 6 nitrogen and oxygen atoms in total. The minimum absolute atomic E-state index is 0.164. The number of aromatic nitrogens is 2. The van der Waals surface area contributed by atoms with Crippen molar-refractivity contribution >= 4 is 11.6 Å². The maximum Gasteiger partial charge on any atom is 0.134 e. The van der Waals surface area contributed by atoms with Crippen molar-refractivity contribution < 1.29 is 10.2 Å². The van der Waals surface area contributed by atoms with E-state index < -0.39 is 5.60 Å². The molecule has 0 amide bonds. The largest absolute Gasteiger partial charge is 0.394 e. The monoisotopic (exact) mass is 278 g/mol. The molecule has 2 aliphatic heterocycles. The van der Waals surface area contributed by atoms with Crippen LogP contribution in [0.3, 0.4) is 0 Å². The van der Waals surface area contributed by atoms with Crippen LogP contribution in [-0.4, -0.2) is 58.1 Å². The Bertz CT molecular complexity index is 480. The van der Waals surface area contributed by atoms with E-state index in [2.05, 4.69) is 19.8 Å². The van der Waals surface area contributed by atoms with Crippen LogP contribution in [0.5, 0.6) is 0 Å². The molecule has 6 heteroatoms. The highest BCUT2D eigenvalue weighted by molar-refractivity contribution is 5.52. The molecule has 2 N–H and O–H groups in total. The highest BCUT2D eigenvalue weighted by atomic mass is 16.3. The van der Waals surface area contributed by atoms with Gasteiger partial charge in [-0.15, -0.1) is 0 Å². The van der Waals surface area contributed by atoms with Gasteiger partial charge >= 0.3 is 0 Å². The molecule has 2 aliphatic rings. The third-order valence-electron chi connectivity index (χ3n) is 4.30. The second-order valence-electron chi connectivity index (χ2n) is 6.07. The van der Waals surface area contributed by atoms with E-state index in [1.54, 1.807) is 6.33 Å². The summed E-state index contributed by atoms with van der Waals surface area (Å²) in [7, 11) is 0. The Kier molecular flexibility index (Phi) is 3.52. The van der Waals surface area contributed by atoms with Gasteiger partial charge in [0.25, 0.3) is 0 Å². The number of hydrogen-bond donors (Lipinski definition) is 2. The molecule has 2 fully saturated rings. The van der Waals surface area contributed by atoms with Crippen molar-refractivity contribution in [2.75, 3.05) is 36.0 Å². The second kappa shape index (κ2) is 5.18. The van der Waals surface area contributed by atoms with Crippen LogP contribution in [0.25, 0.3) is 0 Å². The maximum absolute atomic E-state index is 10.1. The van der Waals surface area contributed by atoms with Crippen molar-refractivity contribution in [3.63, 3.8) is 0 Å². The van der Waals surface area contributed by atoms with E-state index in [4.69, 9.17) is 0 Å². The van der Waals surface area contributed by atoms with E-state index >= 15 is 0 Å². The van der Waals surface area contributed by atoms with Crippen molar-refractivity contribution in [3.05, 3.63) is 12.4 Å². The lowest BCUT2D eigenvalue weighted by Gasteiger charge is -2.25. The van der Waals surface area contributed by atoms with Crippen LogP contribution in [-0.2, 0) is 0 Å². The van der Waals surface area contributed by atoms with Crippen LogP contribution in [0.2, 0.25) is 0 Å². The Morgan fingerprint density at radius 3 is 2.85 bits per heavy atom. The zero-order chi connectivity index (χ0) is 14.2. The number of hydrogen-bond acceptors (Lipinski definition) is 6. The third kappa shape index (κ3) is 2.58. The summed E-state index contributed by atoms with van der Waals surface area (Å²) in [4.78, 5) is 12.9. The number of β-amino-alcohol motifs (C(OH)–C–C–N with tert-alkyl or cyclic N) is 1. The van der Waals surface area contributed by atoms with Crippen molar-refractivity contribution in [2.24, 2.45) is 0 Å². The molecule has 2 atom stereocenters. The first-order chi connectivity index (χ1) is 9.59. The van der Waals surface area contributed by atoms with Gasteiger partial charge < -0.3 is 20.0 Å². The molecule has 1 aromatic heterocycles. The average Bonchev–Trinajstić information content (AvgIpc) is 3.04. The van der Waals surface area contributed by atoms with Gasteiger partial charge in [-0.25, -0.2) is 9.97 Å². The lowest BCUT2D eigenvalue weighted by molar-refractivity contribution is 0.0839. The Balaban J connectivity index is 1.80. The Morgan fingerprint density at radius 2 is 2.15 bits per heavy atom. The molecule has 0 bridgehead atoms. The number of aliphatic hydroxyl groups is 2. The van der Waals surface area contributed by atoms with E-state index in [9.17, 15) is 10.2 Å². The SMILES string of the molecule is CC1(O)CCN(c2cc(N3CCCC3CO)ncn2)C1. The summed E-state index contributed by atoms with van der Waals surface area (Å²) < 4.78 is 0. The lowest BCUT2D eigenvalue weighted by Crippen LogP contribution is -2.33. The molecule has 2 saturated heterocycles. The first-order valence-electron chi connectivity index (χ1n) is 7.26. The van der Waals surface area contributed by atoms with Gasteiger partial charge in [0.15, 0.2) is 0 Å². The molecule has 20 heavy (non-hydrogen) atoms. The van der Waals surface area contributed by atoms with Crippen molar-refractivity contribution in [3.8, 4) is 0 Å². The van der Waals surface area contributed by atoms with Gasteiger partial charge in [0, 0.05) is 25.7 Å². The van der Waals surface area contributed by atoms with E-state index in [0.717, 1.165) is 44.0 Å². The van der Waals surface area contributed by atoms with E-state index in [-0.39, 0.29) is 12.6 Å². The predicted octanol–water partition coefficient (Wildman–Crippen LogP) is 0.399. The van der Waals surface area contributed by atoms with Crippen LogP contribution in [0.1, 0.15) is 26.2 Å². The fraction of sp³-hybridized carbons (Fsp3) is 0.714. The van der Waals surface area contributed by atoms with Gasteiger partial charge in [-0.3, -0.25) is 0 Å². The molecule has 0 radical (unpaired) electrons. The molecule has 1 aromatic rings. The van der Waals surface area contributed by atoms with Gasteiger partial charge in [-0.2, -0.15) is 0 Å². The quantitative estimate of drug-likeness (QED) is 0.834. The number of nitrogens with zero attached hydrogens (tertiary/aromatic N) is 4. The van der Waals surface area contributed by atoms with Crippen molar-refractivity contribution in [1.82, 2.24) is 9.97 Å². The number of rotatable bonds is 3. The Hall–Kier alpha value is -1.40. The number of aliphatic hydroxyl groups excluding tert-OH is 1. The van der Waals surface area contributed by atoms with Crippen LogP contribution in [0.4, 0.5) is 11.6 Å². The molecular formula is C14H22N4O2. The topological polar surface area (TPSA) is 72.7 Å². The summed E-state index contributed by atoms with van der Waals surface area (Å²) in [6.07, 6.45) is 4.43. The van der Waals surface area contributed by atoms with Gasteiger partial charge in [0.2, 0.25) is 0 Å². The molecule has 0 saturated carbocycles.